The second-order valence-corrected chi connectivity index (χ2v) is 16.5. The number of hydrogen-bond donors (Lipinski definition) is 0. The Morgan fingerprint density at radius 3 is 1.00 bits per heavy atom. The van der Waals surface area contributed by atoms with E-state index in [-0.39, 0.29) is 0 Å². The molecule has 5 heteroatoms. The van der Waals surface area contributed by atoms with Gasteiger partial charge < -0.3 is 0 Å². The molecule has 0 saturated carbocycles. The summed E-state index contributed by atoms with van der Waals surface area (Å²) >= 11 is 0. The molecule has 0 N–H and O–H groups in total. The first-order chi connectivity index (χ1) is 6.24. The minimum absolute atomic E-state index is 0.593. The van der Waals surface area contributed by atoms with E-state index in [0.717, 1.165) is 0 Å². The first-order valence-electron chi connectivity index (χ1n) is 5.14. The van der Waals surface area contributed by atoms with Gasteiger partial charge in [0.05, 0.1) is 0 Å². The third-order valence-corrected chi connectivity index (χ3v) is 18.3. The van der Waals surface area contributed by atoms with Gasteiger partial charge in [-0.15, -0.1) is 0 Å². The molecule has 0 aliphatic carbocycles. The molecule has 78 valence electrons. The molecule has 0 amide bonds. The molecule has 0 aromatic heterocycles. The van der Waals surface area contributed by atoms with E-state index in [4.69, 9.17) is 20.4 Å². The van der Waals surface area contributed by atoms with Crippen molar-refractivity contribution in [2.45, 2.75) is 27.7 Å². The first kappa shape index (κ1) is 11.8. The average Bonchev–Trinajstić information content (AvgIpc) is 2.06. The van der Waals surface area contributed by atoms with E-state index in [1.807, 2.05) is 27.7 Å². The summed E-state index contributed by atoms with van der Waals surface area (Å²) < 4.78 is -3.88. The van der Waals surface area contributed by atoms with Crippen molar-refractivity contribution in [3.05, 3.63) is 0 Å². The van der Waals surface area contributed by atoms with Gasteiger partial charge in [-0.05, 0) is 0 Å². The van der Waals surface area contributed by atoms with Gasteiger partial charge in [0.1, 0.15) is 0 Å². The van der Waals surface area contributed by atoms with Crippen LogP contribution in [0.1, 0.15) is 27.7 Å². The first-order valence-corrected chi connectivity index (χ1v) is 15.6. The van der Waals surface area contributed by atoms with Crippen molar-refractivity contribution in [2.75, 3.05) is 26.4 Å². The Hall–Kier alpha value is -1.16. The molecule has 0 fully saturated rings. The molecule has 0 aromatic carbocycles. The van der Waals surface area contributed by atoms with E-state index in [2.05, 4.69) is 0 Å². The van der Waals surface area contributed by atoms with Gasteiger partial charge in [0.15, 0.2) is 0 Å². The fraction of sp³-hybridized carbons (Fsp3) is 1.00. The molecule has 0 atom stereocenters. The number of hydrogen-bond acceptors (Lipinski definition) is 4. The second kappa shape index (κ2) is 6.37. The monoisotopic (exact) mass is 447 g/mol. The van der Waals surface area contributed by atoms with Crippen LogP contribution < -0.4 is 0 Å². The average molecular weight is 447 g/mol. The van der Waals surface area contributed by atoms with Crippen LogP contribution in [0.15, 0.2) is 0 Å². The van der Waals surface area contributed by atoms with Gasteiger partial charge in [0.2, 0.25) is 0 Å². The summed E-state index contributed by atoms with van der Waals surface area (Å²) in [4.78, 5) is 0. The Labute approximate surface area is 75.5 Å². The van der Waals surface area contributed by atoms with Gasteiger partial charge in [0, 0.05) is 0 Å². The predicted molar refractivity (Wildman–Crippen MR) is 46.5 cm³/mol. The molecule has 13 heavy (non-hydrogen) atoms. The van der Waals surface area contributed by atoms with Crippen LogP contribution in [0.5, 0.6) is 0 Å². The summed E-state index contributed by atoms with van der Waals surface area (Å²) in [6, 6.07) is 0. The van der Waals surface area contributed by atoms with E-state index in [1.54, 1.807) is 0 Å². The molecule has 0 unspecified atom stereocenters. The Morgan fingerprint density at radius 1 is 0.615 bits per heavy atom. The zero-order valence-corrected chi connectivity index (χ0v) is 15.6. The molecule has 0 heterocycles. The van der Waals surface area contributed by atoms with E-state index < -0.39 is 0 Å². The SMILES string of the molecule is CC[O][Rf]([O]CC)([O]CC)[O]CC. The van der Waals surface area contributed by atoms with Crippen LogP contribution in [0.4, 0.5) is 0 Å². The number of rotatable bonds is 8. The van der Waals surface area contributed by atoms with Crippen molar-refractivity contribution in [1.29, 1.82) is 0 Å². The van der Waals surface area contributed by atoms with Crippen molar-refractivity contribution in [2.24, 2.45) is 0 Å². The predicted octanol–water partition coefficient (Wildman–Crippen LogP) is 1.95. The van der Waals surface area contributed by atoms with Gasteiger partial charge in [-0.3, -0.25) is 0 Å². The van der Waals surface area contributed by atoms with Crippen molar-refractivity contribution >= 4 is 0 Å². The quantitative estimate of drug-likeness (QED) is 0.571. The summed E-state index contributed by atoms with van der Waals surface area (Å²) in [5.41, 5.74) is 0. The third-order valence-electron chi connectivity index (χ3n) is 1.82. The zero-order valence-electron chi connectivity index (χ0n) is 9.17. The molecular weight excluding hydrogens is 427 g/mol. The molecule has 0 aromatic rings. The van der Waals surface area contributed by atoms with Gasteiger partial charge in [-0.25, -0.2) is 0 Å². The normalized spacial score (nSPS) is 12.0. The molecule has 0 spiro atoms. The van der Waals surface area contributed by atoms with Crippen molar-refractivity contribution in [3.63, 3.8) is 0 Å². The van der Waals surface area contributed by atoms with Crippen LogP contribution in [-0.4, -0.2) is 26.4 Å². The summed E-state index contributed by atoms with van der Waals surface area (Å²) in [7, 11) is 0. The maximum absolute atomic E-state index is 5.52. The van der Waals surface area contributed by atoms with Crippen LogP contribution in [-0.2, 0) is 20.4 Å². The summed E-state index contributed by atoms with van der Waals surface area (Å²) in [5, 5.41) is 22.1. The molecule has 0 bridgehead atoms. The Balaban J connectivity index is 4.19. The topological polar surface area (TPSA) is 36.9 Å². The van der Waals surface area contributed by atoms with Crippen molar-refractivity contribution < 1.29 is 20.4 Å². The summed E-state index contributed by atoms with van der Waals surface area (Å²) in [5.74, 6) is 0. The van der Waals surface area contributed by atoms with E-state index in [0.29, 0.717) is 26.4 Å². The second-order valence-electron chi connectivity index (χ2n) is 2.68. The molecule has 0 radical (unpaired) electrons. The Morgan fingerprint density at radius 2 is 0.846 bits per heavy atom. The fourth-order valence-corrected chi connectivity index (χ4v) is 13.6. The fourth-order valence-electron chi connectivity index (χ4n) is 1.35. The molecule has 0 aliphatic rings. The third kappa shape index (κ3) is 3.85. The molecule has 0 rings (SSSR count). The summed E-state index contributed by atoms with van der Waals surface area (Å²) in [6.07, 6.45) is 0. The van der Waals surface area contributed by atoms with Crippen molar-refractivity contribution in [3.8, 4) is 0 Å². The van der Waals surface area contributed by atoms with Crippen LogP contribution in [0.3, 0.4) is 0 Å². The Kier molecular flexibility index (Phi) is 5.80. The van der Waals surface area contributed by atoms with Crippen LogP contribution in [0.2, 0.25) is 0 Å². The minimum atomic E-state index is -3.88. The van der Waals surface area contributed by atoms with Gasteiger partial charge in [0.25, 0.3) is 0 Å². The maximum atomic E-state index is 5.52. The van der Waals surface area contributed by atoms with E-state index >= 15 is 0 Å². The zero-order chi connectivity index (χ0) is 10.2. The molecule has 4 nitrogen and oxygen atoms in total. The van der Waals surface area contributed by atoms with E-state index in [9.17, 15) is 0 Å². The summed E-state index contributed by atoms with van der Waals surface area (Å²) in [6.45, 7) is 10.1. The van der Waals surface area contributed by atoms with E-state index in [1.165, 1.54) is 0 Å². The standard InChI is InChI=1S/4C2H5O.Rf/c4*1-2-3;/h4*2H2,1H3;/q4*-1;+4. The van der Waals surface area contributed by atoms with Crippen molar-refractivity contribution in [1.82, 2.24) is 0 Å². The van der Waals surface area contributed by atoms with Crippen LogP contribution in [0.25, 0.3) is 0 Å². The molecular formula is C8H20O4Rf. The van der Waals surface area contributed by atoms with Gasteiger partial charge in [-0.1, -0.05) is 0 Å². The Bertz CT molecular complexity index is 91.2. The molecule has 0 aliphatic heterocycles. The molecule has 0 saturated heterocycles. The van der Waals surface area contributed by atoms with Crippen LogP contribution in [0, 0.1) is 0 Å². The van der Waals surface area contributed by atoms with Crippen LogP contribution >= 0.6 is 0 Å². The van der Waals surface area contributed by atoms with Gasteiger partial charge >= 0.3 is 74.5 Å². The van der Waals surface area contributed by atoms with Gasteiger partial charge in [-0.2, -0.15) is 0 Å².